The smallest absolute Gasteiger partial charge is 0.202 e. The van der Waals surface area contributed by atoms with Gasteiger partial charge in [-0.25, -0.2) is 0 Å². The van der Waals surface area contributed by atoms with E-state index in [1.165, 1.54) is 0 Å². The minimum absolute atomic E-state index is 0.105. The fourth-order valence-electron chi connectivity index (χ4n) is 2.58. The molecule has 106 valence electrons. The van der Waals surface area contributed by atoms with E-state index in [9.17, 15) is 10.2 Å². The molecule has 2 N–H and O–H groups in total. The number of rotatable bonds is 3. The lowest BCUT2D eigenvalue weighted by atomic mass is 10.1. The molecule has 4 nitrogen and oxygen atoms in total. The van der Waals surface area contributed by atoms with E-state index in [4.69, 9.17) is 9.47 Å². The summed E-state index contributed by atoms with van der Waals surface area (Å²) in [6.07, 6.45) is -0.521. The summed E-state index contributed by atoms with van der Waals surface area (Å²) < 4.78 is 11.5. The van der Waals surface area contributed by atoms with Crippen molar-refractivity contribution in [3.05, 3.63) is 42.5 Å². The quantitative estimate of drug-likeness (QED) is 0.899. The maximum absolute atomic E-state index is 9.80. The van der Waals surface area contributed by atoms with Crippen molar-refractivity contribution in [2.24, 2.45) is 0 Å². The molecule has 1 aliphatic rings. The Hall–Kier alpha value is -1.62. The highest BCUT2D eigenvalue weighted by Gasteiger charge is 2.29. The first-order valence-corrected chi connectivity index (χ1v) is 6.85. The van der Waals surface area contributed by atoms with Gasteiger partial charge in [-0.15, -0.1) is 0 Å². The maximum atomic E-state index is 9.80. The highest BCUT2D eigenvalue weighted by atomic mass is 16.7. The Labute approximate surface area is 117 Å². The van der Waals surface area contributed by atoms with Crippen molar-refractivity contribution < 1.29 is 19.7 Å². The molecule has 1 aliphatic heterocycles. The lowest BCUT2D eigenvalue weighted by molar-refractivity contribution is -0.184. The van der Waals surface area contributed by atoms with Gasteiger partial charge in [0.25, 0.3) is 0 Å². The van der Waals surface area contributed by atoms with Gasteiger partial charge in [0, 0.05) is 18.2 Å². The Morgan fingerprint density at radius 3 is 2.75 bits per heavy atom. The molecule has 0 amide bonds. The normalized spacial score (nSPS) is 26.6. The number of ether oxygens (including phenoxy) is 2. The monoisotopic (exact) mass is 274 g/mol. The fraction of sp³-hybridized carbons (Fsp3) is 0.375. The topological polar surface area (TPSA) is 58.9 Å². The van der Waals surface area contributed by atoms with Crippen molar-refractivity contribution in [1.82, 2.24) is 0 Å². The number of hydrogen-bond acceptors (Lipinski definition) is 4. The molecule has 3 unspecified atom stereocenters. The fourth-order valence-corrected chi connectivity index (χ4v) is 2.58. The van der Waals surface area contributed by atoms with Gasteiger partial charge in [-0.2, -0.15) is 0 Å². The van der Waals surface area contributed by atoms with Crippen LogP contribution in [0.3, 0.4) is 0 Å². The average molecular weight is 274 g/mol. The predicted octanol–water partition coefficient (Wildman–Crippen LogP) is 2.08. The molecule has 4 heteroatoms. The van der Waals surface area contributed by atoms with Crippen LogP contribution in [0.25, 0.3) is 10.8 Å². The zero-order chi connectivity index (χ0) is 13.9. The Kier molecular flexibility index (Phi) is 3.87. The van der Waals surface area contributed by atoms with Crippen LogP contribution in [0.15, 0.2) is 42.5 Å². The molecular formula is C16H18O4. The standard InChI is InChI=1S/C16H18O4/c17-10-13-8-12(18)9-16(19-13)20-15-7-3-5-11-4-1-2-6-14(11)15/h1-7,12-13,16-18H,8-10H2. The van der Waals surface area contributed by atoms with E-state index in [1.807, 2.05) is 42.5 Å². The molecule has 2 aromatic carbocycles. The molecular weight excluding hydrogens is 256 g/mol. The summed E-state index contributed by atoms with van der Waals surface area (Å²) in [5.41, 5.74) is 0. The molecule has 1 fully saturated rings. The first-order valence-electron chi connectivity index (χ1n) is 6.85. The van der Waals surface area contributed by atoms with Gasteiger partial charge < -0.3 is 19.7 Å². The van der Waals surface area contributed by atoms with Crippen LogP contribution in [0.2, 0.25) is 0 Å². The second-order valence-electron chi connectivity index (χ2n) is 5.09. The Bertz CT molecular complexity index is 578. The van der Waals surface area contributed by atoms with Gasteiger partial charge in [0.1, 0.15) is 5.75 Å². The van der Waals surface area contributed by atoms with Crippen molar-refractivity contribution in [1.29, 1.82) is 0 Å². The first kappa shape index (κ1) is 13.4. The molecule has 1 heterocycles. The zero-order valence-corrected chi connectivity index (χ0v) is 11.1. The van der Waals surface area contributed by atoms with Gasteiger partial charge >= 0.3 is 0 Å². The predicted molar refractivity (Wildman–Crippen MR) is 75.6 cm³/mol. The Morgan fingerprint density at radius 2 is 1.90 bits per heavy atom. The van der Waals surface area contributed by atoms with Crippen LogP contribution in [0, 0.1) is 0 Å². The minimum atomic E-state index is -0.526. The number of hydrogen-bond donors (Lipinski definition) is 2. The molecule has 0 bridgehead atoms. The Morgan fingerprint density at radius 1 is 1.10 bits per heavy atom. The number of benzene rings is 2. The maximum Gasteiger partial charge on any atom is 0.202 e. The molecule has 0 saturated carbocycles. The summed E-state index contributed by atoms with van der Waals surface area (Å²) in [7, 11) is 0. The highest BCUT2D eigenvalue weighted by Crippen LogP contribution is 2.29. The lowest BCUT2D eigenvalue weighted by Gasteiger charge is -2.32. The molecule has 1 saturated heterocycles. The molecule has 2 aromatic rings. The third-order valence-electron chi connectivity index (χ3n) is 3.56. The van der Waals surface area contributed by atoms with Crippen LogP contribution in [0.5, 0.6) is 5.75 Å². The summed E-state index contributed by atoms with van der Waals surface area (Å²) >= 11 is 0. The van der Waals surface area contributed by atoms with Crippen molar-refractivity contribution >= 4 is 10.8 Å². The van der Waals surface area contributed by atoms with Gasteiger partial charge in [-0.3, -0.25) is 0 Å². The number of aliphatic hydroxyl groups is 2. The van der Waals surface area contributed by atoms with Crippen molar-refractivity contribution in [2.75, 3.05) is 6.61 Å². The first-order chi connectivity index (χ1) is 9.76. The van der Waals surface area contributed by atoms with Crippen LogP contribution in [-0.2, 0) is 4.74 Å². The van der Waals surface area contributed by atoms with Crippen molar-refractivity contribution in [2.45, 2.75) is 31.3 Å². The van der Waals surface area contributed by atoms with E-state index in [-0.39, 0.29) is 12.7 Å². The van der Waals surface area contributed by atoms with E-state index < -0.39 is 12.4 Å². The summed E-state index contributed by atoms with van der Waals surface area (Å²) in [4.78, 5) is 0. The molecule has 3 atom stereocenters. The van der Waals surface area contributed by atoms with Crippen molar-refractivity contribution in [3.8, 4) is 5.75 Å². The summed E-state index contributed by atoms with van der Waals surface area (Å²) in [6, 6.07) is 13.8. The van der Waals surface area contributed by atoms with E-state index in [1.54, 1.807) is 0 Å². The van der Waals surface area contributed by atoms with Gasteiger partial charge in [-0.05, 0) is 11.5 Å². The lowest BCUT2D eigenvalue weighted by Crippen LogP contribution is -2.40. The second-order valence-corrected chi connectivity index (χ2v) is 5.09. The highest BCUT2D eigenvalue weighted by molar-refractivity contribution is 5.88. The van der Waals surface area contributed by atoms with E-state index >= 15 is 0 Å². The molecule has 3 rings (SSSR count). The van der Waals surface area contributed by atoms with Gasteiger partial charge in [0.2, 0.25) is 6.29 Å². The largest absolute Gasteiger partial charge is 0.464 e. The van der Waals surface area contributed by atoms with Crippen molar-refractivity contribution in [3.63, 3.8) is 0 Å². The third-order valence-corrected chi connectivity index (χ3v) is 3.56. The molecule has 0 aromatic heterocycles. The van der Waals surface area contributed by atoms with Gasteiger partial charge in [0.05, 0.1) is 18.8 Å². The SMILES string of the molecule is OCC1CC(O)CC(Oc2cccc3ccccc23)O1. The minimum Gasteiger partial charge on any atom is -0.464 e. The zero-order valence-electron chi connectivity index (χ0n) is 11.1. The molecule has 0 radical (unpaired) electrons. The van der Waals surface area contributed by atoms with E-state index in [2.05, 4.69) is 0 Å². The van der Waals surface area contributed by atoms with Gasteiger partial charge in [0.15, 0.2) is 0 Å². The Balaban J connectivity index is 1.82. The number of fused-ring (bicyclic) bond motifs is 1. The molecule has 0 spiro atoms. The van der Waals surface area contributed by atoms with Crippen LogP contribution < -0.4 is 4.74 Å². The molecule has 20 heavy (non-hydrogen) atoms. The summed E-state index contributed by atoms with van der Waals surface area (Å²) in [6.45, 7) is -0.105. The van der Waals surface area contributed by atoms with E-state index in [0.29, 0.717) is 12.8 Å². The van der Waals surface area contributed by atoms with E-state index in [0.717, 1.165) is 16.5 Å². The molecule has 0 aliphatic carbocycles. The van der Waals surface area contributed by atoms with Crippen LogP contribution in [0.4, 0.5) is 0 Å². The average Bonchev–Trinajstić information content (AvgIpc) is 2.47. The van der Waals surface area contributed by atoms with Crippen LogP contribution in [-0.4, -0.2) is 35.3 Å². The van der Waals surface area contributed by atoms with Crippen LogP contribution in [0.1, 0.15) is 12.8 Å². The van der Waals surface area contributed by atoms with Crippen LogP contribution >= 0.6 is 0 Å². The summed E-state index contributed by atoms with van der Waals surface area (Å²) in [5, 5.41) is 21.1. The summed E-state index contributed by atoms with van der Waals surface area (Å²) in [5.74, 6) is 0.735. The van der Waals surface area contributed by atoms with Gasteiger partial charge in [-0.1, -0.05) is 36.4 Å². The number of aliphatic hydroxyl groups excluding tert-OH is 2. The third kappa shape index (κ3) is 2.77. The second kappa shape index (κ2) is 5.79.